The maximum absolute atomic E-state index is 3.53. The van der Waals surface area contributed by atoms with Gasteiger partial charge in [-0.15, -0.1) is 0 Å². The molecule has 0 saturated heterocycles. The molecule has 2 nitrogen and oxygen atoms in total. The minimum atomic E-state index is 0.169. The fourth-order valence-corrected chi connectivity index (χ4v) is 3.76. The van der Waals surface area contributed by atoms with E-state index in [9.17, 15) is 0 Å². The molecule has 0 fully saturated rings. The average Bonchev–Trinajstić information content (AvgIpc) is 3.18. The maximum Gasteiger partial charge on any atom is 0.0952 e. The van der Waals surface area contributed by atoms with E-state index in [-0.39, 0.29) is 6.04 Å². The molecule has 0 saturated carbocycles. The van der Waals surface area contributed by atoms with Gasteiger partial charge in [-0.1, -0.05) is 84.4 Å². The van der Waals surface area contributed by atoms with Gasteiger partial charge in [0.2, 0.25) is 0 Å². The highest BCUT2D eigenvalue weighted by Crippen LogP contribution is 2.37. The topological polar surface area (TPSA) is 15.3 Å². The number of para-hydroxylation sites is 1. The van der Waals surface area contributed by atoms with E-state index in [2.05, 4.69) is 119 Å². The number of rotatable bonds is 4. The van der Waals surface area contributed by atoms with E-state index in [4.69, 9.17) is 0 Å². The van der Waals surface area contributed by atoms with Gasteiger partial charge in [0.15, 0.2) is 0 Å². The molecule has 3 aromatic rings. The second-order valence-corrected chi connectivity index (χ2v) is 8.06. The summed E-state index contributed by atoms with van der Waals surface area (Å²) in [5, 5.41) is 2.24. The molecule has 136 valence electrons. The van der Waals surface area contributed by atoms with Crippen molar-refractivity contribution in [3.63, 3.8) is 0 Å². The Labute approximate surface area is 169 Å². The smallest absolute Gasteiger partial charge is 0.0952 e. The Morgan fingerprint density at radius 3 is 2.30 bits per heavy atom. The number of nitrogens with one attached hydrogen (secondary N) is 1. The molecule has 1 heterocycles. The zero-order valence-corrected chi connectivity index (χ0v) is 17.1. The maximum atomic E-state index is 3.53. The highest BCUT2D eigenvalue weighted by molar-refractivity contribution is 9.10. The number of hydrogen-bond acceptors (Lipinski definition) is 2. The zero-order chi connectivity index (χ0) is 18.8. The number of nitrogens with zero attached hydrogens (tertiary/aromatic N) is 1. The first-order valence-corrected chi connectivity index (χ1v) is 10.1. The lowest BCUT2D eigenvalue weighted by Crippen LogP contribution is -2.32. The van der Waals surface area contributed by atoms with Crippen molar-refractivity contribution in [2.24, 2.45) is 0 Å². The molecule has 0 amide bonds. The first-order chi connectivity index (χ1) is 13.1. The van der Waals surface area contributed by atoms with Crippen molar-refractivity contribution < 1.29 is 0 Å². The van der Waals surface area contributed by atoms with Gasteiger partial charge < -0.3 is 5.43 Å². The van der Waals surface area contributed by atoms with Crippen LogP contribution in [0.15, 0.2) is 89.5 Å². The lowest BCUT2D eigenvalue weighted by atomic mass is 9.98. The average molecular weight is 419 g/mol. The van der Waals surface area contributed by atoms with E-state index < -0.39 is 0 Å². The van der Waals surface area contributed by atoms with Gasteiger partial charge in [-0.05, 0) is 46.9 Å². The fourth-order valence-electron chi connectivity index (χ4n) is 3.50. The summed E-state index contributed by atoms with van der Waals surface area (Å²) in [6.45, 7) is 4.46. The van der Waals surface area contributed by atoms with E-state index in [0.717, 1.165) is 4.47 Å². The predicted octanol–water partition coefficient (Wildman–Crippen LogP) is 6.82. The van der Waals surface area contributed by atoms with E-state index in [1.807, 2.05) is 6.20 Å². The van der Waals surface area contributed by atoms with Gasteiger partial charge in [0.25, 0.3) is 0 Å². The number of hydrazine groups is 1. The van der Waals surface area contributed by atoms with Gasteiger partial charge in [-0.3, -0.25) is 5.01 Å². The van der Waals surface area contributed by atoms with Gasteiger partial charge in [-0.2, -0.15) is 0 Å². The molecule has 0 spiro atoms. The minimum Gasteiger partial charge on any atom is -0.305 e. The summed E-state index contributed by atoms with van der Waals surface area (Å²) < 4.78 is 1.09. The molecule has 1 atom stereocenters. The lowest BCUT2D eigenvalue weighted by molar-refractivity contribution is 0.718. The Balaban J connectivity index is 1.70. The standard InChI is InChI=1S/C24H23BrN2/c1-17(2)18-7-9-20(10-8-18)23-15-16-26-27(23)24-6-4-3-5-22(24)19-11-13-21(25)14-12-19/h3-17,23,26H,1-2H3. The summed E-state index contributed by atoms with van der Waals surface area (Å²) in [6, 6.07) is 26.2. The van der Waals surface area contributed by atoms with Crippen LogP contribution in [0.4, 0.5) is 5.69 Å². The van der Waals surface area contributed by atoms with Crippen LogP contribution >= 0.6 is 15.9 Å². The van der Waals surface area contributed by atoms with Crippen molar-refractivity contribution in [1.82, 2.24) is 5.43 Å². The Hall–Kier alpha value is -2.52. The third kappa shape index (κ3) is 3.65. The summed E-state index contributed by atoms with van der Waals surface area (Å²) in [5.74, 6) is 0.547. The van der Waals surface area contributed by atoms with Crippen molar-refractivity contribution in [1.29, 1.82) is 0 Å². The van der Waals surface area contributed by atoms with Crippen LogP contribution in [-0.4, -0.2) is 0 Å². The highest BCUT2D eigenvalue weighted by atomic mass is 79.9. The van der Waals surface area contributed by atoms with Gasteiger partial charge in [-0.25, -0.2) is 0 Å². The van der Waals surface area contributed by atoms with Crippen LogP contribution in [0.3, 0.4) is 0 Å². The SMILES string of the molecule is CC(C)c1ccc(C2C=CNN2c2ccccc2-c2ccc(Br)cc2)cc1. The molecular formula is C24H23BrN2. The summed E-state index contributed by atoms with van der Waals surface area (Å²) in [4.78, 5) is 0. The van der Waals surface area contributed by atoms with Gasteiger partial charge in [0.1, 0.15) is 0 Å². The van der Waals surface area contributed by atoms with E-state index in [0.29, 0.717) is 5.92 Å². The largest absolute Gasteiger partial charge is 0.305 e. The normalized spacial score (nSPS) is 16.0. The van der Waals surface area contributed by atoms with Crippen LogP contribution in [0.25, 0.3) is 11.1 Å². The molecular weight excluding hydrogens is 396 g/mol. The summed E-state index contributed by atoms with van der Waals surface area (Å²) in [6.07, 6.45) is 4.24. The molecule has 0 radical (unpaired) electrons. The molecule has 1 aliphatic rings. The van der Waals surface area contributed by atoms with Crippen LogP contribution in [0, 0.1) is 0 Å². The molecule has 0 aliphatic carbocycles. The zero-order valence-electron chi connectivity index (χ0n) is 15.6. The number of anilines is 1. The Morgan fingerprint density at radius 2 is 1.59 bits per heavy atom. The molecule has 1 aliphatic heterocycles. The molecule has 3 heteroatoms. The lowest BCUT2D eigenvalue weighted by Gasteiger charge is -2.29. The third-order valence-electron chi connectivity index (χ3n) is 5.03. The molecule has 0 aromatic heterocycles. The van der Waals surface area contributed by atoms with Crippen molar-refractivity contribution in [2.45, 2.75) is 25.8 Å². The molecule has 27 heavy (non-hydrogen) atoms. The fraction of sp³-hybridized carbons (Fsp3) is 0.167. The second-order valence-electron chi connectivity index (χ2n) is 7.15. The molecule has 1 unspecified atom stereocenters. The minimum absolute atomic E-state index is 0.169. The first-order valence-electron chi connectivity index (χ1n) is 9.30. The van der Waals surface area contributed by atoms with Crippen LogP contribution in [-0.2, 0) is 0 Å². The van der Waals surface area contributed by atoms with Crippen LogP contribution in [0.5, 0.6) is 0 Å². The molecule has 3 aromatic carbocycles. The Morgan fingerprint density at radius 1 is 0.889 bits per heavy atom. The summed E-state index contributed by atoms with van der Waals surface area (Å²) in [7, 11) is 0. The van der Waals surface area contributed by atoms with Crippen LogP contribution in [0.2, 0.25) is 0 Å². The van der Waals surface area contributed by atoms with E-state index >= 15 is 0 Å². The Kier molecular flexibility index (Phi) is 5.04. The highest BCUT2D eigenvalue weighted by Gasteiger charge is 2.24. The van der Waals surface area contributed by atoms with Gasteiger partial charge >= 0.3 is 0 Å². The first kappa shape index (κ1) is 17.9. The van der Waals surface area contributed by atoms with Crippen molar-refractivity contribution >= 4 is 21.6 Å². The second kappa shape index (κ2) is 7.61. The molecule has 0 bridgehead atoms. The summed E-state index contributed by atoms with van der Waals surface area (Å²) in [5.41, 5.74) is 9.67. The van der Waals surface area contributed by atoms with E-state index in [1.165, 1.54) is 27.9 Å². The number of halogens is 1. The number of hydrogen-bond donors (Lipinski definition) is 1. The Bertz CT molecular complexity index is 943. The summed E-state index contributed by atoms with van der Waals surface area (Å²) >= 11 is 3.53. The van der Waals surface area contributed by atoms with E-state index in [1.54, 1.807) is 0 Å². The van der Waals surface area contributed by atoms with Crippen molar-refractivity contribution in [2.75, 3.05) is 5.01 Å². The quantitative estimate of drug-likeness (QED) is 0.499. The number of benzene rings is 3. The van der Waals surface area contributed by atoms with Gasteiger partial charge in [0, 0.05) is 16.2 Å². The molecule has 1 N–H and O–H groups in total. The van der Waals surface area contributed by atoms with Gasteiger partial charge in [0.05, 0.1) is 11.7 Å². The van der Waals surface area contributed by atoms with Crippen LogP contribution < -0.4 is 10.4 Å². The third-order valence-corrected chi connectivity index (χ3v) is 5.56. The monoisotopic (exact) mass is 418 g/mol. The van der Waals surface area contributed by atoms with Crippen molar-refractivity contribution in [3.8, 4) is 11.1 Å². The predicted molar refractivity (Wildman–Crippen MR) is 118 cm³/mol. The van der Waals surface area contributed by atoms with Crippen molar-refractivity contribution in [3.05, 3.63) is 101 Å². The molecule has 4 rings (SSSR count). The van der Waals surface area contributed by atoms with Crippen LogP contribution in [0.1, 0.15) is 36.9 Å².